The van der Waals surface area contributed by atoms with E-state index >= 15 is 0 Å². The molecular weight excluding hydrogens is 354 g/mol. The molecule has 140 valence electrons. The van der Waals surface area contributed by atoms with Crippen molar-refractivity contribution in [1.29, 1.82) is 0 Å². The summed E-state index contributed by atoms with van der Waals surface area (Å²) in [7, 11) is -3.48. The highest BCUT2D eigenvalue weighted by Crippen LogP contribution is 2.28. The third-order valence-corrected chi connectivity index (χ3v) is 6.50. The molecule has 0 spiro atoms. The summed E-state index contributed by atoms with van der Waals surface area (Å²) in [5, 5.41) is 3.82. The van der Waals surface area contributed by atoms with Crippen LogP contribution in [0, 0.1) is 6.92 Å². The Labute approximate surface area is 153 Å². The van der Waals surface area contributed by atoms with Crippen LogP contribution in [0.5, 0.6) is 0 Å². The lowest BCUT2D eigenvalue weighted by Crippen LogP contribution is -2.39. The molecule has 0 bridgehead atoms. The van der Waals surface area contributed by atoms with Crippen LogP contribution in [-0.2, 0) is 9.84 Å². The number of hydrogen-bond donors (Lipinski definition) is 0. The first-order valence-corrected chi connectivity index (χ1v) is 10.5. The van der Waals surface area contributed by atoms with Gasteiger partial charge in [-0.25, -0.2) is 8.42 Å². The molecule has 0 aliphatic carbocycles. The Morgan fingerprint density at radius 2 is 2.12 bits per heavy atom. The van der Waals surface area contributed by atoms with Crippen molar-refractivity contribution in [2.24, 2.45) is 0 Å². The molecular formula is C18H23N3O4S. The molecule has 1 aromatic heterocycles. The minimum absolute atomic E-state index is 0.0201. The van der Waals surface area contributed by atoms with Gasteiger partial charge in [0.2, 0.25) is 5.89 Å². The lowest BCUT2D eigenvalue weighted by Gasteiger charge is -2.31. The van der Waals surface area contributed by atoms with Crippen LogP contribution in [0.1, 0.15) is 54.2 Å². The second-order valence-corrected chi connectivity index (χ2v) is 8.66. The maximum atomic E-state index is 13.0. The number of carbonyl (C=O) groups excluding carboxylic acids is 1. The Kier molecular flexibility index (Phi) is 5.41. The van der Waals surface area contributed by atoms with Gasteiger partial charge in [-0.2, -0.15) is 4.98 Å². The fourth-order valence-corrected chi connectivity index (χ4v) is 4.84. The average Bonchev–Trinajstić information content (AvgIpc) is 3.08. The van der Waals surface area contributed by atoms with Gasteiger partial charge in [0.15, 0.2) is 15.7 Å². The second-order valence-electron chi connectivity index (χ2n) is 6.59. The molecule has 1 aliphatic heterocycles. The summed E-state index contributed by atoms with van der Waals surface area (Å²) < 4.78 is 30.3. The predicted octanol–water partition coefficient (Wildman–Crippen LogP) is 2.58. The van der Waals surface area contributed by atoms with Crippen LogP contribution < -0.4 is 0 Å². The van der Waals surface area contributed by atoms with Gasteiger partial charge in [-0.3, -0.25) is 4.79 Å². The van der Waals surface area contributed by atoms with E-state index in [1.54, 1.807) is 30.0 Å². The highest BCUT2D eigenvalue weighted by Gasteiger charge is 2.31. The highest BCUT2D eigenvalue weighted by atomic mass is 32.2. The van der Waals surface area contributed by atoms with E-state index < -0.39 is 9.84 Å². The molecule has 26 heavy (non-hydrogen) atoms. The number of benzene rings is 1. The van der Waals surface area contributed by atoms with Crippen molar-refractivity contribution < 1.29 is 17.7 Å². The first-order valence-electron chi connectivity index (χ1n) is 8.83. The monoisotopic (exact) mass is 377 g/mol. The minimum atomic E-state index is -3.48. The van der Waals surface area contributed by atoms with Crippen molar-refractivity contribution in [2.75, 3.05) is 18.8 Å². The number of carbonyl (C=O) groups is 1. The van der Waals surface area contributed by atoms with Gasteiger partial charge in [0.25, 0.3) is 5.91 Å². The molecule has 1 fully saturated rings. The molecule has 2 heterocycles. The van der Waals surface area contributed by atoms with E-state index in [0.717, 1.165) is 12.8 Å². The molecule has 0 radical (unpaired) electrons. The smallest absolute Gasteiger partial charge is 0.255 e. The maximum Gasteiger partial charge on any atom is 0.255 e. The van der Waals surface area contributed by atoms with E-state index in [9.17, 15) is 13.2 Å². The van der Waals surface area contributed by atoms with E-state index in [-0.39, 0.29) is 28.0 Å². The largest absolute Gasteiger partial charge is 0.339 e. The summed E-state index contributed by atoms with van der Waals surface area (Å²) in [6.07, 6.45) is 2.18. The first kappa shape index (κ1) is 18.6. The van der Waals surface area contributed by atoms with Gasteiger partial charge in [-0.05, 0) is 38.3 Å². The maximum absolute atomic E-state index is 13.0. The zero-order valence-electron chi connectivity index (χ0n) is 15.0. The Morgan fingerprint density at radius 3 is 2.81 bits per heavy atom. The second kappa shape index (κ2) is 7.57. The number of nitrogens with zero attached hydrogens (tertiary/aromatic N) is 3. The van der Waals surface area contributed by atoms with Crippen molar-refractivity contribution in [3.8, 4) is 0 Å². The van der Waals surface area contributed by atoms with Crippen LogP contribution in [0.3, 0.4) is 0 Å². The van der Waals surface area contributed by atoms with Crippen LogP contribution in [0.2, 0.25) is 0 Å². The summed E-state index contributed by atoms with van der Waals surface area (Å²) in [5.74, 6) is 0.849. The Hall–Kier alpha value is -2.22. The topological polar surface area (TPSA) is 93.4 Å². The van der Waals surface area contributed by atoms with E-state index in [2.05, 4.69) is 10.1 Å². The number of aryl methyl sites for hydroxylation is 1. The van der Waals surface area contributed by atoms with Gasteiger partial charge in [0, 0.05) is 13.1 Å². The molecule has 0 N–H and O–H groups in total. The molecule has 1 aromatic carbocycles. The van der Waals surface area contributed by atoms with Crippen molar-refractivity contribution >= 4 is 15.7 Å². The molecule has 1 atom stereocenters. The van der Waals surface area contributed by atoms with Crippen LogP contribution in [-0.4, -0.2) is 48.2 Å². The molecule has 3 rings (SSSR count). The van der Waals surface area contributed by atoms with Gasteiger partial charge in [0.1, 0.15) is 0 Å². The molecule has 1 aliphatic rings. The van der Waals surface area contributed by atoms with Gasteiger partial charge >= 0.3 is 0 Å². The minimum Gasteiger partial charge on any atom is -0.339 e. The van der Waals surface area contributed by atoms with E-state index in [0.29, 0.717) is 31.2 Å². The summed E-state index contributed by atoms with van der Waals surface area (Å²) in [6, 6.07) is 6.45. The van der Waals surface area contributed by atoms with Gasteiger partial charge in [0.05, 0.1) is 22.1 Å². The Balaban J connectivity index is 1.85. The average molecular weight is 377 g/mol. The summed E-state index contributed by atoms with van der Waals surface area (Å²) >= 11 is 0. The number of amides is 1. The molecule has 1 unspecified atom stereocenters. The van der Waals surface area contributed by atoms with Crippen molar-refractivity contribution in [3.05, 3.63) is 41.5 Å². The molecule has 1 amide bonds. The third-order valence-electron chi connectivity index (χ3n) is 4.53. The van der Waals surface area contributed by atoms with E-state index in [1.807, 2.05) is 6.92 Å². The fourth-order valence-electron chi connectivity index (χ4n) is 3.31. The van der Waals surface area contributed by atoms with Gasteiger partial charge in [-0.1, -0.05) is 24.2 Å². The quantitative estimate of drug-likeness (QED) is 0.795. The van der Waals surface area contributed by atoms with Gasteiger partial charge < -0.3 is 9.42 Å². The number of hydrogen-bond acceptors (Lipinski definition) is 6. The van der Waals surface area contributed by atoms with Crippen LogP contribution >= 0.6 is 0 Å². The van der Waals surface area contributed by atoms with E-state index in [1.165, 1.54) is 6.07 Å². The van der Waals surface area contributed by atoms with Crippen LogP contribution in [0.25, 0.3) is 0 Å². The van der Waals surface area contributed by atoms with Crippen molar-refractivity contribution in [2.45, 2.75) is 43.9 Å². The lowest BCUT2D eigenvalue weighted by atomic mass is 9.97. The molecule has 8 heteroatoms. The van der Waals surface area contributed by atoms with E-state index in [4.69, 9.17) is 4.52 Å². The standard InChI is InChI=1S/C18H23N3O4S/c1-3-11-26(23,24)16-9-5-4-8-15(16)18(22)21-10-6-7-14(12-21)17-19-13(2)20-25-17/h4-5,8-9,14H,3,6-7,10-12H2,1-2H3. The summed E-state index contributed by atoms with van der Waals surface area (Å²) in [6.45, 7) is 4.60. The number of piperidine rings is 1. The van der Waals surface area contributed by atoms with Crippen molar-refractivity contribution in [1.82, 2.24) is 15.0 Å². The van der Waals surface area contributed by atoms with Gasteiger partial charge in [-0.15, -0.1) is 0 Å². The normalized spacial score (nSPS) is 18.1. The highest BCUT2D eigenvalue weighted by molar-refractivity contribution is 7.91. The number of aromatic nitrogens is 2. The first-order chi connectivity index (χ1) is 12.4. The third kappa shape index (κ3) is 3.80. The fraction of sp³-hybridized carbons (Fsp3) is 0.500. The van der Waals surface area contributed by atoms with Crippen LogP contribution in [0.15, 0.2) is 33.7 Å². The zero-order valence-corrected chi connectivity index (χ0v) is 15.8. The Morgan fingerprint density at radius 1 is 1.35 bits per heavy atom. The SMILES string of the molecule is CCCS(=O)(=O)c1ccccc1C(=O)N1CCCC(c2nc(C)no2)C1. The Bertz CT molecular complexity index is 891. The molecule has 2 aromatic rings. The zero-order chi connectivity index (χ0) is 18.7. The summed E-state index contributed by atoms with van der Waals surface area (Å²) in [5.41, 5.74) is 0.239. The van der Waals surface area contributed by atoms with Crippen molar-refractivity contribution in [3.63, 3.8) is 0 Å². The lowest BCUT2D eigenvalue weighted by molar-refractivity contribution is 0.0691. The number of likely N-dealkylation sites (tertiary alicyclic amines) is 1. The van der Waals surface area contributed by atoms with Crippen LogP contribution in [0.4, 0.5) is 0 Å². The number of rotatable bonds is 5. The summed E-state index contributed by atoms with van der Waals surface area (Å²) in [4.78, 5) is 19.1. The number of sulfone groups is 1. The molecule has 7 nitrogen and oxygen atoms in total. The molecule has 1 saturated heterocycles. The molecule has 0 saturated carbocycles. The predicted molar refractivity (Wildman–Crippen MR) is 95.7 cm³/mol.